The third-order valence-corrected chi connectivity index (χ3v) is 3.30. The van der Waals surface area contributed by atoms with Gasteiger partial charge in [0.1, 0.15) is 5.69 Å². The Labute approximate surface area is 130 Å². The fourth-order valence-electron chi connectivity index (χ4n) is 1.64. The Bertz CT molecular complexity index is 649. The highest BCUT2D eigenvalue weighted by atomic mass is 79.9. The zero-order chi connectivity index (χ0) is 15.4. The molecule has 0 radical (unpaired) electrons. The average Bonchev–Trinajstić information content (AvgIpc) is 2.88. The zero-order valence-electron chi connectivity index (χ0n) is 11.6. The number of halogens is 1. The Hall–Kier alpha value is -2.08. The van der Waals surface area contributed by atoms with Gasteiger partial charge in [0, 0.05) is 16.4 Å². The number of hydrogen-bond acceptors (Lipinski definition) is 3. The number of H-pyrrole nitrogens is 1. The summed E-state index contributed by atoms with van der Waals surface area (Å²) in [4.78, 5) is 26.5. The zero-order valence-corrected chi connectivity index (χ0v) is 13.2. The first-order valence-corrected chi connectivity index (χ1v) is 7.17. The van der Waals surface area contributed by atoms with E-state index in [-0.39, 0.29) is 11.6 Å². The van der Waals surface area contributed by atoms with Gasteiger partial charge in [0.25, 0.3) is 5.91 Å². The van der Waals surface area contributed by atoms with Gasteiger partial charge in [-0.25, -0.2) is 4.79 Å². The SMILES string of the molecule is Cc1ccc(NC(=O)[C@@H](C)OC(=O)c2cc(Br)c[nH]2)cc1. The van der Waals surface area contributed by atoms with Crippen molar-refractivity contribution in [1.29, 1.82) is 0 Å². The van der Waals surface area contributed by atoms with Crippen molar-refractivity contribution in [2.24, 2.45) is 0 Å². The molecule has 110 valence electrons. The highest BCUT2D eigenvalue weighted by Crippen LogP contribution is 2.13. The first-order valence-electron chi connectivity index (χ1n) is 6.38. The number of nitrogens with one attached hydrogen (secondary N) is 2. The number of esters is 1. The Balaban J connectivity index is 1.93. The largest absolute Gasteiger partial charge is 0.448 e. The minimum Gasteiger partial charge on any atom is -0.448 e. The lowest BCUT2D eigenvalue weighted by molar-refractivity contribution is -0.123. The molecule has 0 saturated carbocycles. The van der Waals surface area contributed by atoms with Crippen molar-refractivity contribution in [1.82, 2.24) is 4.98 Å². The number of aromatic nitrogens is 1. The number of ether oxygens (including phenoxy) is 1. The van der Waals surface area contributed by atoms with E-state index in [0.29, 0.717) is 5.69 Å². The number of hydrogen-bond donors (Lipinski definition) is 2. The van der Waals surface area contributed by atoms with Gasteiger partial charge in [-0.15, -0.1) is 0 Å². The number of anilines is 1. The monoisotopic (exact) mass is 350 g/mol. The Morgan fingerprint density at radius 2 is 1.95 bits per heavy atom. The summed E-state index contributed by atoms with van der Waals surface area (Å²) in [5.74, 6) is -0.954. The van der Waals surface area contributed by atoms with Crippen LogP contribution < -0.4 is 5.32 Å². The highest BCUT2D eigenvalue weighted by molar-refractivity contribution is 9.10. The van der Waals surface area contributed by atoms with E-state index in [9.17, 15) is 9.59 Å². The molecule has 0 aliphatic rings. The van der Waals surface area contributed by atoms with Crippen molar-refractivity contribution >= 4 is 33.5 Å². The Morgan fingerprint density at radius 3 is 2.52 bits per heavy atom. The number of benzene rings is 1. The summed E-state index contributed by atoms with van der Waals surface area (Å²) in [6, 6.07) is 8.96. The molecule has 2 rings (SSSR count). The number of carbonyl (C=O) groups excluding carboxylic acids is 2. The van der Waals surface area contributed by atoms with Crippen LogP contribution in [0.5, 0.6) is 0 Å². The first kappa shape index (κ1) is 15.3. The molecule has 1 aromatic carbocycles. The van der Waals surface area contributed by atoms with E-state index >= 15 is 0 Å². The summed E-state index contributed by atoms with van der Waals surface area (Å²) < 4.78 is 5.85. The van der Waals surface area contributed by atoms with Crippen LogP contribution in [0.1, 0.15) is 23.0 Å². The van der Waals surface area contributed by atoms with Crippen LogP contribution in [0.25, 0.3) is 0 Å². The van der Waals surface area contributed by atoms with E-state index in [1.807, 2.05) is 19.1 Å². The number of rotatable bonds is 4. The molecular formula is C15H15BrN2O3. The van der Waals surface area contributed by atoms with Crippen LogP contribution in [0, 0.1) is 6.92 Å². The third-order valence-electron chi connectivity index (χ3n) is 2.84. The van der Waals surface area contributed by atoms with Gasteiger partial charge >= 0.3 is 5.97 Å². The average molecular weight is 351 g/mol. The van der Waals surface area contributed by atoms with Crippen LogP contribution in [0.15, 0.2) is 41.0 Å². The van der Waals surface area contributed by atoms with Crippen LogP contribution in [0.2, 0.25) is 0 Å². The molecule has 5 nitrogen and oxygen atoms in total. The Kier molecular flexibility index (Phi) is 4.80. The molecule has 1 amide bonds. The van der Waals surface area contributed by atoms with E-state index < -0.39 is 12.1 Å². The number of aromatic amines is 1. The predicted molar refractivity (Wildman–Crippen MR) is 83.2 cm³/mol. The van der Waals surface area contributed by atoms with Gasteiger partial charge < -0.3 is 15.0 Å². The molecule has 0 aliphatic carbocycles. The van der Waals surface area contributed by atoms with Crippen molar-refractivity contribution in [3.05, 3.63) is 52.3 Å². The lowest BCUT2D eigenvalue weighted by Gasteiger charge is -2.13. The predicted octanol–water partition coefficient (Wildman–Crippen LogP) is 3.27. The summed E-state index contributed by atoms with van der Waals surface area (Å²) in [7, 11) is 0. The van der Waals surface area contributed by atoms with Gasteiger partial charge in [0.05, 0.1) is 0 Å². The topological polar surface area (TPSA) is 71.2 Å². The van der Waals surface area contributed by atoms with E-state index in [1.54, 1.807) is 24.4 Å². The van der Waals surface area contributed by atoms with Gasteiger partial charge in [0.15, 0.2) is 6.10 Å². The summed E-state index contributed by atoms with van der Waals surface area (Å²) in [6.45, 7) is 3.49. The number of amides is 1. The van der Waals surface area contributed by atoms with E-state index in [0.717, 1.165) is 10.0 Å². The van der Waals surface area contributed by atoms with Crippen molar-refractivity contribution in [2.75, 3.05) is 5.32 Å². The van der Waals surface area contributed by atoms with E-state index in [2.05, 4.69) is 26.2 Å². The molecule has 0 spiro atoms. The molecule has 0 fully saturated rings. The maximum absolute atomic E-state index is 12.0. The highest BCUT2D eigenvalue weighted by Gasteiger charge is 2.19. The quantitative estimate of drug-likeness (QED) is 0.831. The molecule has 0 aliphatic heterocycles. The molecule has 6 heteroatoms. The maximum atomic E-state index is 12.0. The van der Waals surface area contributed by atoms with Crippen molar-refractivity contribution in [3.63, 3.8) is 0 Å². The molecule has 0 saturated heterocycles. The number of carbonyl (C=O) groups is 2. The van der Waals surface area contributed by atoms with Crippen LogP contribution >= 0.6 is 15.9 Å². The second-order valence-electron chi connectivity index (χ2n) is 4.63. The van der Waals surface area contributed by atoms with Crippen LogP contribution in [-0.4, -0.2) is 23.0 Å². The van der Waals surface area contributed by atoms with Crippen LogP contribution in [-0.2, 0) is 9.53 Å². The summed E-state index contributed by atoms with van der Waals surface area (Å²) in [5, 5.41) is 2.70. The summed E-state index contributed by atoms with van der Waals surface area (Å²) >= 11 is 3.23. The van der Waals surface area contributed by atoms with Crippen LogP contribution in [0.4, 0.5) is 5.69 Å². The van der Waals surface area contributed by atoms with E-state index in [1.165, 1.54) is 6.92 Å². The van der Waals surface area contributed by atoms with Crippen molar-refractivity contribution in [3.8, 4) is 0 Å². The maximum Gasteiger partial charge on any atom is 0.355 e. The van der Waals surface area contributed by atoms with Crippen molar-refractivity contribution < 1.29 is 14.3 Å². The minimum absolute atomic E-state index is 0.289. The molecule has 2 N–H and O–H groups in total. The van der Waals surface area contributed by atoms with Gasteiger partial charge in [-0.05, 0) is 48.0 Å². The molecule has 1 heterocycles. The minimum atomic E-state index is -0.888. The van der Waals surface area contributed by atoms with Crippen LogP contribution in [0.3, 0.4) is 0 Å². The molecule has 1 atom stereocenters. The summed E-state index contributed by atoms with van der Waals surface area (Å²) in [6.07, 6.45) is 0.731. The fraction of sp³-hybridized carbons (Fsp3) is 0.200. The standard InChI is InChI=1S/C15H15BrN2O3/c1-9-3-5-12(6-4-9)18-14(19)10(2)21-15(20)13-7-11(16)8-17-13/h3-8,10,17H,1-2H3,(H,18,19)/t10-/m1/s1. The molecule has 0 unspecified atom stereocenters. The summed E-state index contributed by atoms with van der Waals surface area (Å²) in [5.41, 5.74) is 2.05. The van der Waals surface area contributed by atoms with E-state index in [4.69, 9.17) is 4.74 Å². The lowest BCUT2D eigenvalue weighted by atomic mass is 10.2. The van der Waals surface area contributed by atoms with Crippen molar-refractivity contribution in [2.45, 2.75) is 20.0 Å². The molecular weight excluding hydrogens is 336 g/mol. The molecule has 2 aromatic rings. The van der Waals surface area contributed by atoms with Gasteiger partial charge in [-0.3, -0.25) is 4.79 Å². The van der Waals surface area contributed by atoms with Gasteiger partial charge in [-0.1, -0.05) is 17.7 Å². The lowest BCUT2D eigenvalue weighted by Crippen LogP contribution is -2.30. The van der Waals surface area contributed by atoms with Gasteiger partial charge in [0.2, 0.25) is 0 Å². The number of aryl methyl sites for hydroxylation is 1. The smallest absolute Gasteiger partial charge is 0.355 e. The molecule has 21 heavy (non-hydrogen) atoms. The molecule has 1 aromatic heterocycles. The second-order valence-corrected chi connectivity index (χ2v) is 5.55. The Morgan fingerprint density at radius 1 is 1.29 bits per heavy atom. The first-order chi connectivity index (χ1) is 9.95. The molecule has 0 bridgehead atoms. The fourth-order valence-corrected chi connectivity index (χ4v) is 1.99. The second kappa shape index (κ2) is 6.58. The van der Waals surface area contributed by atoms with Gasteiger partial charge in [-0.2, -0.15) is 0 Å². The normalized spacial score (nSPS) is 11.8. The third kappa shape index (κ3) is 4.19.